The Bertz CT molecular complexity index is 373. The van der Waals surface area contributed by atoms with Crippen LogP contribution in [0.25, 0.3) is 0 Å². The van der Waals surface area contributed by atoms with E-state index in [0.717, 1.165) is 57.8 Å². The number of carbonyl (C=O) groups excluding carboxylic acids is 3. The van der Waals surface area contributed by atoms with Crippen molar-refractivity contribution in [3.63, 3.8) is 0 Å². The van der Waals surface area contributed by atoms with Gasteiger partial charge < -0.3 is 29.7 Å². The number of hydrogen-bond donors (Lipinski definition) is 0. The third-order valence-electron chi connectivity index (χ3n) is 5.20. The first kappa shape index (κ1) is 42.7. The Labute approximate surface area is 249 Å². The Morgan fingerprint density at radius 1 is 0.531 bits per heavy atom. The molecule has 6 nitrogen and oxygen atoms in total. The smallest absolute Gasteiger partial charge is 0.550 e. The van der Waals surface area contributed by atoms with Crippen LogP contribution in [0.2, 0.25) is 0 Å². The molecule has 3 atom stereocenters. The van der Waals surface area contributed by atoms with Crippen LogP contribution in [-0.2, 0) is 31.2 Å². The molecule has 1 radical (unpaired) electrons. The van der Waals surface area contributed by atoms with Crippen molar-refractivity contribution in [2.24, 2.45) is 17.8 Å². The van der Waals surface area contributed by atoms with Gasteiger partial charge in [-0.25, -0.2) is 0 Å². The number of carbonyl (C=O) groups is 3. The van der Waals surface area contributed by atoms with Crippen molar-refractivity contribution < 1.29 is 97.9 Å². The van der Waals surface area contributed by atoms with E-state index in [-0.39, 0.29) is 85.9 Å². The fourth-order valence-corrected chi connectivity index (χ4v) is 2.82. The van der Waals surface area contributed by atoms with Gasteiger partial charge in [-0.2, -0.15) is 0 Å². The van der Waals surface area contributed by atoms with Crippen LogP contribution < -0.4 is 66.7 Å². The topological polar surface area (TPSA) is 120 Å². The first-order valence-corrected chi connectivity index (χ1v) is 11.8. The van der Waals surface area contributed by atoms with Gasteiger partial charge in [0.05, 0.1) is 0 Å². The molecular formula is C24H45CoKO6. The molecule has 0 heterocycles. The quantitative estimate of drug-likeness (QED) is 0.274. The van der Waals surface area contributed by atoms with E-state index in [0.29, 0.717) is 19.3 Å². The molecule has 0 aliphatic heterocycles. The van der Waals surface area contributed by atoms with E-state index in [4.69, 9.17) is 0 Å². The molecular weight excluding hydrogens is 482 g/mol. The van der Waals surface area contributed by atoms with Gasteiger partial charge in [0.25, 0.3) is 0 Å². The van der Waals surface area contributed by atoms with Crippen molar-refractivity contribution in [2.45, 2.75) is 119 Å². The predicted molar refractivity (Wildman–Crippen MR) is 115 cm³/mol. The van der Waals surface area contributed by atoms with E-state index in [1.807, 2.05) is 20.8 Å². The minimum atomic E-state index is -0.893. The minimum absolute atomic E-state index is 0. The van der Waals surface area contributed by atoms with Crippen molar-refractivity contribution in [1.82, 2.24) is 0 Å². The second-order valence-corrected chi connectivity index (χ2v) is 7.70. The fourth-order valence-electron chi connectivity index (χ4n) is 2.82. The summed E-state index contributed by atoms with van der Waals surface area (Å²) in [7, 11) is 0. The molecule has 3 unspecified atom stereocenters. The maximum atomic E-state index is 10.3. The van der Waals surface area contributed by atoms with Gasteiger partial charge in [-0.1, -0.05) is 80.1 Å². The number of unbranched alkanes of at least 4 members (excludes halogenated alkanes) is 3. The molecule has 0 rings (SSSR count). The van der Waals surface area contributed by atoms with Crippen LogP contribution in [0, 0.1) is 17.8 Å². The monoisotopic (exact) mass is 527 g/mol. The number of carboxylic acid groups (broad SMARTS) is 3. The van der Waals surface area contributed by atoms with E-state index >= 15 is 0 Å². The Hall–Kier alpha value is 0.553. The van der Waals surface area contributed by atoms with Crippen LogP contribution >= 0.6 is 0 Å². The molecule has 0 N–H and O–H groups in total. The second kappa shape index (κ2) is 31.6. The number of rotatable bonds is 15. The summed E-state index contributed by atoms with van der Waals surface area (Å²) in [6, 6.07) is 0. The van der Waals surface area contributed by atoms with Crippen molar-refractivity contribution in [3.8, 4) is 0 Å². The van der Waals surface area contributed by atoms with E-state index in [1.54, 1.807) is 0 Å². The molecule has 0 saturated heterocycles. The van der Waals surface area contributed by atoms with Gasteiger partial charge in [0.15, 0.2) is 0 Å². The van der Waals surface area contributed by atoms with Gasteiger partial charge in [0.1, 0.15) is 0 Å². The van der Waals surface area contributed by atoms with Crippen molar-refractivity contribution in [3.05, 3.63) is 0 Å². The third kappa shape index (κ3) is 28.6. The van der Waals surface area contributed by atoms with Gasteiger partial charge in [-0.3, -0.25) is 0 Å². The Morgan fingerprint density at radius 3 is 0.812 bits per heavy atom. The minimum Gasteiger partial charge on any atom is -0.550 e. The summed E-state index contributed by atoms with van der Waals surface area (Å²) in [4.78, 5) is 31.0. The molecule has 0 fully saturated rings. The summed E-state index contributed by atoms with van der Waals surface area (Å²) < 4.78 is 0. The fraction of sp³-hybridized carbons (Fsp3) is 0.875. The molecule has 187 valence electrons. The van der Waals surface area contributed by atoms with Gasteiger partial charge >= 0.3 is 68.2 Å². The van der Waals surface area contributed by atoms with E-state index in [1.165, 1.54) is 0 Å². The summed E-state index contributed by atoms with van der Waals surface area (Å²) in [5.41, 5.74) is 0. The van der Waals surface area contributed by atoms with Crippen LogP contribution in [0.1, 0.15) is 119 Å². The van der Waals surface area contributed by atoms with Crippen molar-refractivity contribution >= 4 is 17.9 Å². The Balaban J connectivity index is -0.000000110. The molecule has 8 heteroatoms. The average Bonchev–Trinajstić information content (AvgIpc) is 2.70. The molecule has 0 spiro atoms. The van der Waals surface area contributed by atoms with Crippen LogP contribution in [0.15, 0.2) is 0 Å². The molecule has 0 bridgehead atoms. The zero-order valence-electron chi connectivity index (χ0n) is 21.5. The standard InChI is InChI=1S/3C8H16O2.Co.K/c3*1-3-5-6-7(4-2)8(9)10;;/h3*7H,3-6H2,1-2H3,(H,9,10);;/q;;;+2;+1/p-3. The first-order valence-electron chi connectivity index (χ1n) is 11.8. The van der Waals surface area contributed by atoms with Gasteiger partial charge in [-0.05, 0) is 56.3 Å². The average molecular weight is 528 g/mol. The maximum Gasteiger partial charge on any atom is 2.00 e. The Kier molecular flexibility index (Phi) is 42.1. The summed E-state index contributed by atoms with van der Waals surface area (Å²) in [5.74, 6) is -3.34. The van der Waals surface area contributed by atoms with Gasteiger partial charge in [0, 0.05) is 17.9 Å². The third-order valence-corrected chi connectivity index (χ3v) is 5.20. The van der Waals surface area contributed by atoms with Gasteiger partial charge in [-0.15, -0.1) is 0 Å². The first-order chi connectivity index (χ1) is 14.2. The van der Waals surface area contributed by atoms with Crippen LogP contribution in [0.3, 0.4) is 0 Å². The molecule has 0 aromatic carbocycles. The summed E-state index contributed by atoms with van der Waals surface area (Å²) in [6.45, 7) is 11.8. The summed E-state index contributed by atoms with van der Waals surface area (Å²) in [5, 5.41) is 31.0. The number of hydrogen-bond acceptors (Lipinski definition) is 6. The van der Waals surface area contributed by atoms with Gasteiger partial charge in [0.2, 0.25) is 0 Å². The molecule has 32 heavy (non-hydrogen) atoms. The van der Waals surface area contributed by atoms with Crippen LogP contribution in [0.4, 0.5) is 0 Å². The van der Waals surface area contributed by atoms with E-state index < -0.39 is 17.9 Å². The summed E-state index contributed by atoms with van der Waals surface area (Å²) in [6.07, 6.45) is 10.6. The molecule has 0 amide bonds. The van der Waals surface area contributed by atoms with Crippen LogP contribution in [-0.4, -0.2) is 17.9 Å². The molecule has 0 aliphatic rings. The van der Waals surface area contributed by atoms with Crippen LogP contribution in [0.5, 0.6) is 0 Å². The number of aliphatic carboxylic acids is 3. The summed E-state index contributed by atoms with van der Waals surface area (Å²) >= 11 is 0. The molecule has 0 saturated carbocycles. The normalized spacial score (nSPS) is 12.2. The molecule has 0 aromatic rings. The SMILES string of the molecule is CCCCC(CC)C(=O)[O-].CCCCC(CC)C(=O)[O-].CCCCC(CC)C(=O)[O-].[Co+2].[K+]. The predicted octanol–water partition coefficient (Wildman–Crippen LogP) is -0.140. The molecule has 0 aromatic heterocycles. The Morgan fingerprint density at radius 2 is 0.719 bits per heavy atom. The largest absolute Gasteiger partial charge is 2.00 e. The zero-order valence-corrected chi connectivity index (χ0v) is 25.7. The van der Waals surface area contributed by atoms with Crippen molar-refractivity contribution in [1.29, 1.82) is 0 Å². The van der Waals surface area contributed by atoms with E-state index in [9.17, 15) is 29.7 Å². The van der Waals surface area contributed by atoms with Crippen molar-refractivity contribution in [2.75, 3.05) is 0 Å². The van der Waals surface area contributed by atoms with E-state index in [2.05, 4.69) is 20.8 Å². The maximum absolute atomic E-state index is 10.3. The zero-order chi connectivity index (χ0) is 23.9. The second-order valence-electron chi connectivity index (χ2n) is 7.70. The molecule has 0 aliphatic carbocycles. The number of carboxylic acids is 3.